The number of piperidine rings is 1. The molecule has 8 nitrogen and oxygen atoms in total. The van der Waals surface area contributed by atoms with E-state index >= 15 is 0 Å². The van der Waals surface area contributed by atoms with Crippen LogP contribution in [0.1, 0.15) is 29.7 Å². The molecule has 0 aliphatic carbocycles. The number of hydrogen-bond acceptors (Lipinski definition) is 8. The van der Waals surface area contributed by atoms with Gasteiger partial charge in [-0.2, -0.15) is 0 Å². The Morgan fingerprint density at radius 3 is 2.61 bits per heavy atom. The third kappa shape index (κ3) is 5.21. The molecule has 2 aromatic heterocycles. The van der Waals surface area contributed by atoms with E-state index in [9.17, 15) is 17.9 Å². The molecule has 1 aliphatic rings. The lowest BCUT2D eigenvalue weighted by Crippen LogP contribution is -2.42. The van der Waals surface area contributed by atoms with E-state index in [2.05, 4.69) is 20.3 Å². The average molecular weight is 492 g/mol. The van der Waals surface area contributed by atoms with Crippen molar-refractivity contribution in [3.63, 3.8) is 0 Å². The Labute approximate surface area is 196 Å². The highest BCUT2D eigenvalue weighted by Gasteiger charge is 2.26. The lowest BCUT2D eigenvalue weighted by molar-refractivity contribution is 0.282. The van der Waals surface area contributed by atoms with Crippen molar-refractivity contribution < 1.29 is 17.9 Å². The Morgan fingerprint density at radius 1 is 1.24 bits per heavy atom. The first-order valence-electron chi connectivity index (χ1n) is 10.6. The van der Waals surface area contributed by atoms with Gasteiger partial charge >= 0.3 is 0 Å². The van der Waals surface area contributed by atoms with Crippen molar-refractivity contribution >= 4 is 27.3 Å². The maximum absolute atomic E-state index is 14.7. The largest absolute Gasteiger partial charge is 0.392 e. The molecule has 0 unspecified atom stereocenters. The normalized spacial score (nSPS) is 15.7. The zero-order chi connectivity index (χ0) is 23.8. The van der Waals surface area contributed by atoms with Gasteiger partial charge in [0.1, 0.15) is 10.7 Å². The molecule has 0 amide bonds. The predicted octanol–water partition coefficient (Wildman–Crippen LogP) is 3.35. The molecular weight excluding hydrogens is 465 g/mol. The van der Waals surface area contributed by atoms with Gasteiger partial charge < -0.3 is 10.4 Å². The van der Waals surface area contributed by atoms with E-state index in [1.807, 2.05) is 32.0 Å². The Kier molecular flexibility index (Phi) is 6.76. The van der Waals surface area contributed by atoms with Gasteiger partial charge in [0.25, 0.3) is 0 Å². The monoisotopic (exact) mass is 491 g/mol. The number of rotatable bonds is 6. The summed E-state index contributed by atoms with van der Waals surface area (Å²) < 4.78 is 39.6. The highest BCUT2D eigenvalue weighted by molar-refractivity contribution is 7.88. The Hall–Kier alpha value is -2.47. The van der Waals surface area contributed by atoms with Crippen LogP contribution in [-0.2, 0) is 16.6 Å². The van der Waals surface area contributed by atoms with Crippen molar-refractivity contribution in [1.82, 2.24) is 19.3 Å². The molecule has 1 fully saturated rings. The minimum absolute atomic E-state index is 0.00659. The van der Waals surface area contributed by atoms with Crippen molar-refractivity contribution in [2.75, 3.05) is 24.7 Å². The summed E-state index contributed by atoms with van der Waals surface area (Å²) in [6, 6.07) is 5.68. The Bertz CT molecular complexity index is 1270. The van der Waals surface area contributed by atoms with Crippen LogP contribution in [-0.4, -0.2) is 58.2 Å². The number of benzene rings is 1. The molecule has 3 aromatic rings. The van der Waals surface area contributed by atoms with Crippen molar-refractivity contribution in [1.29, 1.82) is 0 Å². The molecule has 0 bridgehead atoms. The van der Waals surface area contributed by atoms with E-state index in [0.717, 1.165) is 27.9 Å². The zero-order valence-electron chi connectivity index (χ0n) is 18.7. The first-order chi connectivity index (χ1) is 15.7. The molecule has 4 rings (SSSR count). The average Bonchev–Trinajstić information content (AvgIpc) is 3.15. The summed E-state index contributed by atoms with van der Waals surface area (Å²) in [4.78, 5) is 13.8. The van der Waals surface area contributed by atoms with Gasteiger partial charge in [-0.15, -0.1) is 11.3 Å². The number of thiazole rings is 1. The number of aliphatic hydroxyl groups is 1. The predicted molar refractivity (Wildman–Crippen MR) is 127 cm³/mol. The molecule has 1 saturated heterocycles. The smallest absolute Gasteiger partial charge is 0.223 e. The Morgan fingerprint density at radius 2 is 1.97 bits per heavy atom. The maximum atomic E-state index is 14.7. The number of anilines is 1. The molecule has 2 N–H and O–H groups in total. The standard InChI is InChI=1S/C22H26FN5O3S2/c1-13-10-15(12-29)4-5-17(13)21-25-14(2)20(32-21)19-18(23)11-24-22(27-19)26-16-6-8-28(9-7-16)33(3,30)31/h4-5,10-11,16,29H,6-9,12H2,1-3H3,(H,24,26,27). The fourth-order valence-electron chi connectivity index (χ4n) is 3.91. The van der Waals surface area contributed by atoms with Crippen LogP contribution in [0.25, 0.3) is 21.1 Å². The van der Waals surface area contributed by atoms with Crippen LogP contribution in [0.4, 0.5) is 10.3 Å². The molecule has 0 saturated carbocycles. The van der Waals surface area contributed by atoms with E-state index < -0.39 is 15.8 Å². The fourth-order valence-corrected chi connectivity index (χ4v) is 5.93. The molecule has 176 valence electrons. The summed E-state index contributed by atoms with van der Waals surface area (Å²) in [6.07, 6.45) is 3.60. The molecule has 0 radical (unpaired) electrons. The lowest BCUT2D eigenvalue weighted by atomic mass is 10.1. The van der Waals surface area contributed by atoms with Gasteiger partial charge in [0, 0.05) is 24.7 Å². The second-order valence-corrected chi connectivity index (χ2v) is 11.2. The molecule has 0 atom stereocenters. The second kappa shape index (κ2) is 9.41. The van der Waals surface area contributed by atoms with Gasteiger partial charge in [0.05, 0.1) is 29.6 Å². The summed E-state index contributed by atoms with van der Waals surface area (Å²) >= 11 is 1.36. The molecule has 33 heavy (non-hydrogen) atoms. The van der Waals surface area contributed by atoms with Crippen molar-refractivity contribution in [2.24, 2.45) is 0 Å². The molecule has 0 spiro atoms. The van der Waals surface area contributed by atoms with E-state index in [-0.39, 0.29) is 18.3 Å². The topological polar surface area (TPSA) is 108 Å². The second-order valence-electron chi connectivity index (χ2n) is 8.21. The minimum atomic E-state index is -3.20. The SMILES string of the molecule is Cc1cc(CO)ccc1-c1nc(C)c(-c2nc(NC3CCN(S(C)(=O)=O)CC3)ncc2F)s1. The fraction of sp³-hybridized carbons (Fsp3) is 0.409. The van der Waals surface area contributed by atoms with Gasteiger partial charge in [-0.1, -0.05) is 18.2 Å². The van der Waals surface area contributed by atoms with E-state index in [1.54, 1.807) is 0 Å². The van der Waals surface area contributed by atoms with Crippen LogP contribution >= 0.6 is 11.3 Å². The van der Waals surface area contributed by atoms with Gasteiger partial charge in [-0.3, -0.25) is 0 Å². The van der Waals surface area contributed by atoms with Gasteiger partial charge in [0.15, 0.2) is 5.82 Å². The van der Waals surface area contributed by atoms with Gasteiger partial charge in [0.2, 0.25) is 16.0 Å². The van der Waals surface area contributed by atoms with Crippen molar-refractivity contribution in [3.05, 3.63) is 47.0 Å². The number of sulfonamides is 1. The quantitative estimate of drug-likeness (QED) is 0.544. The molecule has 1 aromatic carbocycles. The van der Waals surface area contributed by atoms with Crippen LogP contribution in [0.3, 0.4) is 0 Å². The van der Waals surface area contributed by atoms with Crippen LogP contribution < -0.4 is 5.32 Å². The van der Waals surface area contributed by atoms with Crippen LogP contribution in [0, 0.1) is 19.7 Å². The van der Waals surface area contributed by atoms with Gasteiger partial charge in [-0.05, 0) is 37.8 Å². The molecule has 3 heterocycles. The Balaban J connectivity index is 1.56. The first kappa shape index (κ1) is 23.7. The minimum Gasteiger partial charge on any atom is -0.392 e. The highest BCUT2D eigenvalue weighted by Crippen LogP contribution is 2.37. The number of nitrogens with one attached hydrogen (secondary N) is 1. The van der Waals surface area contributed by atoms with Crippen molar-refractivity contribution in [2.45, 2.75) is 39.3 Å². The maximum Gasteiger partial charge on any atom is 0.223 e. The zero-order valence-corrected chi connectivity index (χ0v) is 20.3. The van der Waals surface area contributed by atoms with E-state index in [1.165, 1.54) is 21.9 Å². The van der Waals surface area contributed by atoms with Crippen molar-refractivity contribution in [3.8, 4) is 21.1 Å². The van der Waals surface area contributed by atoms with Crippen LogP contribution in [0.2, 0.25) is 0 Å². The highest BCUT2D eigenvalue weighted by atomic mass is 32.2. The molecule has 11 heteroatoms. The molecular formula is C22H26FN5O3S2. The molecule has 1 aliphatic heterocycles. The number of nitrogens with zero attached hydrogens (tertiary/aromatic N) is 4. The lowest BCUT2D eigenvalue weighted by Gasteiger charge is -2.30. The van der Waals surface area contributed by atoms with E-state index in [0.29, 0.717) is 42.5 Å². The number of halogens is 1. The summed E-state index contributed by atoms with van der Waals surface area (Å²) in [5.74, 6) is -0.222. The number of aliphatic hydroxyl groups excluding tert-OH is 1. The van der Waals surface area contributed by atoms with Crippen LogP contribution in [0.5, 0.6) is 0 Å². The number of aryl methyl sites for hydroxylation is 2. The summed E-state index contributed by atoms with van der Waals surface area (Å²) in [5.41, 5.74) is 3.59. The summed E-state index contributed by atoms with van der Waals surface area (Å²) in [6.45, 7) is 4.60. The summed E-state index contributed by atoms with van der Waals surface area (Å²) in [5, 5.41) is 13.3. The van der Waals surface area contributed by atoms with Gasteiger partial charge in [-0.25, -0.2) is 32.1 Å². The first-order valence-corrected chi connectivity index (χ1v) is 13.2. The number of aromatic nitrogens is 3. The summed E-state index contributed by atoms with van der Waals surface area (Å²) in [7, 11) is -3.20. The van der Waals surface area contributed by atoms with Crippen LogP contribution in [0.15, 0.2) is 24.4 Å². The third-order valence-corrected chi connectivity index (χ3v) is 8.22. The van der Waals surface area contributed by atoms with E-state index in [4.69, 9.17) is 0 Å². The third-order valence-electron chi connectivity index (χ3n) is 5.72. The number of hydrogen-bond donors (Lipinski definition) is 2.